The van der Waals surface area contributed by atoms with E-state index in [1.807, 2.05) is 30.1 Å². The van der Waals surface area contributed by atoms with E-state index in [2.05, 4.69) is 32.0 Å². The first-order chi connectivity index (χ1) is 9.11. The highest BCUT2D eigenvalue weighted by Gasteiger charge is 2.10. The van der Waals surface area contributed by atoms with Crippen LogP contribution in [-0.2, 0) is 6.54 Å². The molecular weight excluding hydrogens is 308 g/mol. The maximum absolute atomic E-state index is 11.5. The molecule has 1 aromatic heterocycles. The SMILES string of the molecule is CN(Cc1cccc(C#N)c1)c1nc[nH]c(=O)c1Br. The molecular formula is C13H11BrN4O. The van der Waals surface area contributed by atoms with Crippen LogP contribution in [0.3, 0.4) is 0 Å². The van der Waals surface area contributed by atoms with Gasteiger partial charge in [-0.05, 0) is 33.6 Å². The summed E-state index contributed by atoms with van der Waals surface area (Å²) in [6.45, 7) is 0.560. The van der Waals surface area contributed by atoms with Gasteiger partial charge in [0, 0.05) is 13.6 Å². The molecule has 6 heteroatoms. The van der Waals surface area contributed by atoms with E-state index in [4.69, 9.17) is 5.26 Å². The van der Waals surface area contributed by atoms with Crippen molar-refractivity contribution in [1.29, 1.82) is 5.26 Å². The van der Waals surface area contributed by atoms with Crippen LogP contribution in [-0.4, -0.2) is 17.0 Å². The van der Waals surface area contributed by atoms with Gasteiger partial charge >= 0.3 is 0 Å². The average Bonchev–Trinajstić information content (AvgIpc) is 2.42. The van der Waals surface area contributed by atoms with E-state index in [-0.39, 0.29) is 5.56 Å². The summed E-state index contributed by atoms with van der Waals surface area (Å²) in [5.74, 6) is 0.561. The molecule has 19 heavy (non-hydrogen) atoms. The summed E-state index contributed by atoms with van der Waals surface area (Å²) in [5.41, 5.74) is 1.38. The van der Waals surface area contributed by atoms with Gasteiger partial charge in [-0.1, -0.05) is 12.1 Å². The van der Waals surface area contributed by atoms with Gasteiger partial charge in [0.15, 0.2) is 0 Å². The molecule has 0 radical (unpaired) electrons. The number of nitriles is 1. The van der Waals surface area contributed by atoms with Crippen LogP contribution in [0.1, 0.15) is 11.1 Å². The van der Waals surface area contributed by atoms with Gasteiger partial charge in [0.1, 0.15) is 10.3 Å². The number of hydrogen-bond donors (Lipinski definition) is 1. The zero-order valence-corrected chi connectivity index (χ0v) is 11.8. The first-order valence-corrected chi connectivity index (χ1v) is 6.34. The maximum atomic E-state index is 11.5. The molecule has 0 spiro atoms. The van der Waals surface area contributed by atoms with Crippen molar-refractivity contribution in [2.75, 3.05) is 11.9 Å². The lowest BCUT2D eigenvalue weighted by molar-refractivity contribution is 0.880. The minimum atomic E-state index is -0.220. The fourth-order valence-corrected chi connectivity index (χ4v) is 2.25. The van der Waals surface area contributed by atoms with Gasteiger partial charge in [0.05, 0.1) is 18.0 Å². The van der Waals surface area contributed by atoms with Crippen LogP contribution in [0.4, 0.5) is 5.82 Å². The molecule has 1 heterocycles. The summed E-state index contributed by atoms with van der Waals surface area (Å²) in [4.78, 5) is 20.0. The van der Waals surface area contributed by atoms with Gasteiger partial charge < -0.3 is 9.88 Å². The van der Waals surface area contributed by atoms with Crippen LogP contribution >= 0.6 is 15.9 Å². The van der Waals surface area contributed by atoms with Crippen LogP contribution in [0.2, 0.25) is 0 Å². The summed E-state index contributed by atoms with van der Waals surface area (Å²) in [6, 6.07) is 9.44. The number of hydrogen-bond acceptors (Lipinski definition) is 4. The Balaban J connectivity index is 2.26. The number of rotatable bonds is 3. The monoisotopic (exact) mass is 318 g/mol. The van der Waals surface area contributed by atoms with Crippen molar-refractivity contribution in [2.24, 2.45) is 0 Å². The zero-order valence-electron chi connectivity index (χ0n) is 10.2. The third kappa shape index (κ3) is 3.01. The number of nitrogens with one attached hydrogen (secondary N) is 1. The van der Waals surface area contributed by atoms with Gasteiger partial charge in [-0.2, -0.15) is 5.26 Å². The molecule has 0 atom stereocenters. The Morgan fingerprint density at radius 3 is 3.05 bits per heavy atom. The molecule has 1 N–H and O–H groups in total. The largest absolute Gasteiger partial charge is 0.354 e. The molecule has 96 valence electrons. The quantitative estimate of drug-likeness (QED) is 0.940. The van der Waals surface area contributed by atoms with Gasteiger partial charge in [-0.15, -0.1) is 0 Å². The van der Waals surface area contributed by atoms with Crippen molar-refractivity contribution < 1.29 is 0 Å². The fourth-order valence-electron chi connectivity index (χ4n) is 1.73. The standard InChI is InChI=1S/C13H11BrN4O/c1-18(12-11(14)13(19)17-8-16-12)7-10-4-2-3-9(5-10)6-15/h2-5,8H,7H2,1H3,(H,16,17,19). The molecule has 0 fully saturated rings. The Bertz CT molecular complexity index is 690. The summed E-state index contributed by atoms with van der Waals surface area (Å²) in [5, 5.41) is 8.86. The smallest absolute Gasteiger partial charge is 0.267 e. The van der Waals surface area contributed by atoms with Crippen molar-refractivity contribution >= 4 is 21.7 Å². The molecule has 0 aliphatic carbocycles. The number of anilines is 1. The van der Waals surface area contributed by atoms with Crippen molar-refractivity contribution in [3.05, 3.63) is 56.5 Å². The fraction of sp³-hybridized carbons (Fsp3) is 0.154. The van der Waals surface area contributed by atoms with Crippen LogP contribution in [0.15, 0.2) is 39.9 Å². The number of halogens is 1. The first kappa shape index (κ1) is 13.3. The molecule has 0 saturated carbocycles. The molecule has 0 bridgehead atoms. The summed E-state index contributed by atoms with van der Waals surface area (Å²) < 4.78 is 0.397. The van der Waals surface area contributed by atoms with Crippen LogP contribution < -0.4 is 10.5 Å². The minimum absolute atomic E-state index is 0.220. The number of nitrogens with zero attached hydrogens (tertiary/aromatic N) is 3. The van der Waals surface area contributed by atoms with Crippen molar-refractivity contribution in [2.45, 2.75) is 6.54 Å². The Morgan fingerprint density at radius 1 is 1.53 bits per heavy atom. The predicted octanol–water partition coefficient (Wildman–Crippen LogP) is 2.04. The normalized spacial score (nSPS) is 9.95. The highest BCUT2D eigenvalue weighted by atomic mass is 79.9. The Labute approximate surface area is 118 Å². The lowest BCUT2D eigenvalue weighted by Crippen LogP contribution is -2.21. The van der Waals surface area contributed by atoms with Crippen molar-refractivity contribution in [3.63, 3.8) is 0 Å². The first-order valence-electron chi connectivity index (χ1n) is 5.55. The molecule has 2 aromatic rings. The van der Waals surface area contributed by atoms with Crippen LogP contribution in [0.25, 0.3) is 0 Å². The second kappa shape index (κ2) is 5.67. The van der Waals surface area contributed by atoms with Gasteiger partial charge in [-0.3, -0.25) is 4.79 Å². The maximum Gasteiger partial charge on any atom is 0.267 e. The number of benzene rings is 1. The number of aromatic amines is 1. The van der Waals surface area contributed by atoms with Crippen LogP contribution in [0.5, 0.6) is 0 Å². The Morgan fingerprint density at radius 2 is 2.32 bits per heavy atom. The van der Waals surface area contributed by atoms with E-state index in [1.165, 1.54) is 6.33 Å². The minimum Gasteiger partial charge on any atom is -0.354 e. The topological polar surface area (TPSA) is 72.8 Å². The summed E-state index contributed by atoms with van der Waals surface area (Å²) in [6.07, 6.45) is 1.37. The second-order valence-corrected chi connectivity index (χ2v) is 4.83. The second-order valence-electron chi connectivity index (χ2n) is 4.04. The Hall–Kier alpha value is -2.13. The molecule has 2 rings (SSSR count). The third-order valence-corrected chi connectivity index (χ3v) is 3.33. The lowest BCUT2D eigenvalue weighted by Gasteiger charge is -2.18. The van der Waals surface area contributed by atoms with E-state index >= 15 is 0 Å². The van der Waals surface area contributed by atoms with Crippen LogP contribution in [0, 0.1) is 11.3 Å². The molecule has 0 saturated heterocycles. The van der Waals surface area contributed by atoms with E-state index in [1.54, 1.807) is 6.07 Å². The zero-order chi connectivity index (χ0) is 13.8. The molecule has 0 aliphatic heterocycles. The van der Waals surface area contributed by atoms with Crippen molar-refractivity contribution in [1.82, 2.24) is 9.97 Å². The predicted molar refractivity (Wildman–Crippen MR) is 75.8 cm³/mol. The van der Waals surface area contributed by atoms with Gasteiger partial charge in [0.25, 0.3) is 5.56 Å². The van der Waals surface area contributed by atoms with E-state index in [0.717, 1.165) is 5.56 Å². The number of H-pyrrole nitrogens is 1. The highest BCUT2D eigenvalue weighted by molar-refractivity contribution is 9.10. The van der Waals surface area contributed by atoms with E-state index in [0.29, 0.717) is 22.4 Å². The van der Waals surface area contributed by atoms with E-state index in [9.17, 15) is 4.79 Å². The van der Waals surface area contributed by atoms with Gasteiger partial charge in [-0.25, -0.2) is 4.98 Å². The molecule has 1 aromatic carbocycles. The summed E-state index contributed by atoms with van der Waals surface area (Å²) >= 11 is 3.22. The Kier molecular flexibility index (Phi) is 3.97. The molecule has 0 amide bonds. The number of aromatic nitrogens is 2. The molecule has 0 aliphatic rings. The average molecular weight is 319 g/mol. The van der Waals surface area contributed by atoms with Gasteiger partial charge in [0.2, 0.25) is 0 Å². The molecule has 5 nitrogen and oxygen atoms in total. The van der Waals surface area contributed by atoms with Crippen molar-refractivity contribution in [3.8, 4) is 6.07 Å². The highest BCUT2D eigenvalue weighted by Crippen LogP contribution is 2.19. The molecule has 0 unspecified atom stereocenters. The summed E-state index contributed by atoms with van der Waals surface area (Å²) in [7, 11) is 1.84. The lowest BCUT2D eigenvalue weighted by atomic mass is 10.1. The van der Waals surface area contributed by atoms with E-state index < -0.39 is 0 Å². The third-order valence-electron chi connectivity index (χ3n) is 2.62.